The number of anilines is 2. The molecule has 1 amide bonds. The maximum absolute atomic E-state index is 12.3. The molecule has 0 bridgehead atoms. The summed E-state index contributed by atoms with van der Waals surface area (Å²) >= 11 is 0. The Morgan fingerprint density at radius 1 is 1.08 bits per heavy atom. The average molecular weight is 358 g/mol. The quantitative estimate of drug-likeness (QED) is 0.724. The van der Waals surface area contributed by atoms with Gasteiger partial charge in [0, 0.05) is 29.7 Å². The first-order valence-corrected chi connectivity index (χ1v) is 8.70. The van der Waals surface area contributed by atoms with Crippen LogP contribution in [0.3, 0.4) is 0 Å². The summed E-state index contributed by atoms with van der Waals surface area (Å²) in [5.74, 6) is 0.286. The maximum Gasteiger partial charge on any atom is 0.263 e. The Balaban J connectivity index is 1.72. The van der Waals surface area contributed by atoms with Crippen LogP contribution in [0.25, 0.3) is 0 Å². The van der Waals surface area contributed by atoms with Gasteiger partial charge in [0.05, 0.1) is 4.90 Å². The van der Waals surface area contributed by atoms with Crippen molar-refractivity contribution in [3.8, 4) is 0 Å². The van der Waals surface area contributed by atoms with Gasteiger partial charge < -0.3 is 9.84 Å². The summed E-state index contributed by atoms with van der Waals surface area (Å²) in [5, 5.41) is 6.27. The van der Waals surface area contributed by atoms with Crippen molar-refractivity contribution in [1.29, 1.82) is 0 Å². The number of aryl methyl sites for hydroxylation is 1. The highest BCUT2D eigenvalue weighted by Crippen LogP contribution is 2.18. The van der Waals surface area contributed by atoms with Crippen molar-refractivity contribution in [3.63, 3.8) is 0 Å². The highest BCUT2D eigenvalue weighted by Gasteiger charge is 2.16. The van der Waals surface area contributed by atoms with E-state index in [0.717, 1.165) is 0 Å². The molecule has 0 aliphatic heterocycles. The summed E-state index contributed by atoms with van der Waals surface area (Å²) in [7, 11) is -3.79. The molecule has 2 N–H and O–H groups in total. The second-order valence-electron chi connectivity index (χ2n) is 5.14. The average Bonchev–Trinajstić information content (AvgIpc) is 3.00. The molecule has 8 nitrogen and oxygen atoms in total. The second kappa shape index (κ2) is 6.73. The van der Waals surface area contributed by atoms with E-state index >= 15 is 0 Å². The van der Waals surface area contributed by atoms with Crippen molar-refractivity contribution < 1.29 is 17.7 Å². The number of nitrogens with zero attached hydrogens (tertiary/aromatic N) is 2. The van der Waals surface area contributed by atoms with E-state index in [-0.39, 0.29) is 16.6 Å². The molecule has 0 unspecified atom stereocenters. The minimum Gasteiger partial charge on any atom is -0.360 e. The Hall–Kier alpha value is -3.20. The molecular weight excluding hydrogens is 344 g/mol. The molecule has 2 heterocycles. The van der Waals surface area contributed by atoms with Crippen molar-refractivity contribution in [3.05, 3.63) is 66.2 Å². The number of rotatable bonds is 5. The normalized spacial score (nSPS) is 11.1. The minimum atomic E-state index is -3.79. The number of aromatic nitrogens is 2. The van der Waals surface area contributed by atoms with E-state index < -0.39 is 10.0 Å². The highest BCUT2D eigenvalue weighted by molar-refractivity contribution is 7.92. The number of hydrogen-bond acceptors (Lipinski definition) is 6. The van der Waals surface area contributed by atoms with Gasteiger partial charge in [-0.3, -0.25) is 14.5 Å². The van der Waals surface area contributed by atoms with Crippen molar-refractivity contribution >= 4 is 27.4 Å². The molecule has 3 aromatic rings. The molecule has 0 aliphatic rings. The molecule has 0 saturated carbocycles. The molecule has 1 aromatic carbocycles. The Labute approximate surface area is 143 Å². The second-order valence-corrected chi connectivity index (χ2v) is 6.83. The predicted molar refractivity (Wildman–Crippen MR) is 90.7 cm³/mol. The summed E-state index contributed by atoms with van der Waals surface area (Å²) in [6.07, 6.45) is 3.03. The van der Waals surface area contributed by atoms with Crippen LogP contribution in [-0.2, 0) is 10.0 Å². The van der Waals surface area contributed by atoms with Crippen LogP contribution in [-0.4, -0.2) is 24.5 Å². The number of pyridine rings is 1. The Morgan fingerprint density at radius 2 is 1.76 bits per heavy atom. The lowest BCUT2D eigenvalue weighted by molar-refractivity contribution is 0.102. The van der Waals surface area contributed by atoms with Gasteiger partial charge in [0.15, 0.2) is 5.82 Å². The molecule has 0 radical (unpaired) electrons. The topological polar surface area (TPSA) is 114 Å². The van der Waals surface area contributed by atoms with Gasteiger partial charge >= 0.3 is 0 Å². The lowest BCUT2D eigenvalue weighted by Crippen LogP contribution is -2.14. The van der Waals surface area contributed by atoms with Crippen molar-refractivity contribution in [2.45, 2.75) is 11.8 Å². The van der Waals surface area contributed by atoms with Gasteiger partial charge in [-0.2, -0.15) is 0 Å². The smallest absolute Gasteiger partial charge is 0.263 e. The third-order valence-electron chi connectivity index (χ3n) is 3.23. The molecule has 0 saturated heterocycles. The fourth-order valence-corrected chi connectivity index (χ4v) is 3.02. The van der Waals surface area contributed by atoms with Gasteiger partial charge in [-0.05, 0) is 43.3 Å². The zero-order chi connectivity index (χ0) is 17.9. The van der Waals surface area contributed by atoms with Crippen molar-refractivity contribution in [2.75, 3.05) is 10.0 Å². The number of sulfonamides is 1. The van der Waals surface area contributed by atoms with Crippen LogP contribution in [0, 0.1) is 6.92 Å². The van der Waals surface area contributed by atoms with E-state index in [0.29, 0.717) is 17.0 Å². The summed E-state index contributed by atoms with van der Waals surface area (Å²) in [6.45, 7) is 1.66. The molecule has 3 rings (SSSR count). The molecule has 0 aliphatic carbocycles. The van der Waals surface area contributed by atoms with E-state index in [1.54, 1.807) is 19.1 Å². The van der Waals surface area contributed by atoms with Gasteiger partial charge in [-0.25, -0.2) is 8.42 Å². The van der Waals surface area contributed by atoms with E-state index in [1.165, 1.54) is 42.7 Å². The molecular formula is C16H14N4O4S. The number of hydrogen-bond donors (Lipinski definition) is 2. The molecule has 0 atom stereocenters. The molecule has 9 heteroatoms. The number of nitrogens with one attached hydrogen (secondary N) is 2. The third-order valence-corrected chi connectivity index (χ3v) is 4.60. The van der Waals surface area contributed by atoms with Gasteiger partial charge in [0.1, 0.15) is 5.76 Å². The minimum absolute atomic E-state index is 0.0371. The summed E-state index contributed by atoms with van der Waals surface area (Å²) in [4.78, 5) is 15.9. The van der Waals surface area contributed by atoms with Crippen LogP contribution in [0.5, 0.6) is 0 Å². The molecule has 0 fully saturated rings. The van der Waals surface area contributed by atoms with Gasteiger partial charge in [0.2, 0.25) is 0 Å². The van der Waals surface area contributed by atoms with Crippen molar-refractivity contribution in [2.24, 2.45) is 0 Å². The zero-order valence-electron chi connectivity index (χ0n) is 13.1. The first kappa shape index (κ1) is 16.7. The van der Waals surface area contributed by atoms with Crippen LogP contribution < -0.4 is 10.0 Å². The van der Waals surface area contributed by atoms with E-state index in [4.69, 9.17) is 4.52 Å². The van der Waals surface area contributed by atoms with Gasteiger partial charge in [0.25, 0.3) is 15.9 Å². The number of carbonyl (C=O) groups excluding carboxylic acids is 1. The number of carbonyl (C=O) groups is 1. The van der Waals surface area contributed by atoms with Crippen LogP contribution >= 0.6 is 0 Å². The number of benzene rings is 1. The maximum atomic E-state index is 12.3. The fourth-order valence-electron chi connectivity index (χ4n) is 2.04. The Morgan fingerprint density at radius 3 is 2.36 bits per heavy atom. The third kappa shape index (κ3) is 4.01. The van der Waals surface area contributed by atoms with E-state index in [9.17, 15) is 13.2 Å². The Bertz CT molecular complexity index is 982. The van der Waals surface area contributed by atoms with Crippen LogP contribution in [0.15, 0.2) is 64.3 Å². The zero-order valence-corrected chi connectivity index (χ0v) is 13.9. The lowest BCUT2D eigenvalue weighted by Gasteiger charge is -2.08. The van der Waals surface area contributed by atoms with E-state index in [1.807, 2.05) is 0 Å². The van der Waals surface area contributed by atoms with Crippen LogP contribution in [0.1, 0.15) is 16.1 Å². The predicted octanol–water partition coefficient (Wildman–Crippen LogP) is 2.43. The lowest BCUT2D eigenvalue weighted by atomic mass is 10.2. The summed E-state index contributed by atoms with van der Waals surface area (Å²) in [6, 6.07) is 10.4. The first-order chi connectivity index (χ1) is 11.9. The number of amides is 1. The highest BCUT2D eigenvalue weighted by atomic mass is 32.2. The fraction of sp³-hybridized carbons (Fsp3) is 0.0625. The molecule has 25 heavy (non-hydrogen) atoms. The van der Waals surface area contributed by atoms with Crippen LogP contribution in [0.2, 0.25) is 0 Å². The molecule has 128 valence electrons. The molecule has 2 aromatic heterocycles. The monoisotopic (exact) mass is 358 g/mol. The first-order valence-electron chi connectivity index (χ1n) is 7.22. The Kier molecular flexibility index (Phi) is 4.48. The van der Waals surface area contributed by atoms with Crippen LogP contribution in [0.4, 0.5) is 11.5 Å². The van der Waals surface area contributed by atoms with Gasteiger partial charge in [-0.15, -0.1) is 0 Å². The van der Waals surface area contributed by atoms with Gasteiger partial charge in [-0.1, -0.05) is 5.16 Å². The standard InChI is InChI=1S/C16H14N4O4S/c1-11-10-15(19-24-11)20-25(22,23)14-4-2-13(3-5-14)18-16(21)12-6-8-17-9-7-12/h2-10H,1H3,(H,18,21)(H,19,20). The SMILES string of the molecule is Cc1cc(NS(=O)(=O)c2ccc(NC(=O)c3ccncc3)cc2)no1. The van der Waals surface area contributed by atoms with E-state index in [2.05, 4.69) is 20.2 Å². The summed E-state index contributed by atoms with van der Waals surface area (Å²) < 4.78 is 31.7. The van der Waals surface area contributed by atoms with Crippen molar-refractivity contribution in [1.82, 2.24) is 10.1 Å². The molecule has 0 spiro atoms. The summed E-state index contributed by atoms with van der Waals surface area (Å²) in [5.41, 5.74) is 0.924. The largest absolute Gasteiger partial charge is 0.360 e.